The zero-order valence-electron chi connectivity index (χ0n) is 8.13. The number of aromatic nitrogens is 1. The Morgan fingerprint density at radius 3 is 2.86 bits per heavy atom. The van der Waals surface area contributed by atoms with Gasteiger partial charge >= 0.3 is 0 Å². The average molecular weight is 192 g/mol. The predicted molar refractivity (Wildman–Crippen MR) is 56.1 cm³/mol. The average Bonchev–Trinajstić information content (AvgIpc) is 2.17. The van der Waals surface area contributed by atoms with Gasteiger partial charge in [-0.3, -0.25) is 4.98 Å². The molecule has 0 spiro atoms. The number of rotatable bonds is 1. The van der Waals surface area contributed by atoms with Crippen LogP contribution >= 0.6 is 0 Å². The fourth-order valence-electron chi connectivity index (χ4n) is 1.41. The molecule has 14 heavy (non-hydrogen) atoms. The molecule has 0 aliphatic heterocycles. The minimum absolute atomic E-state index is 0. The minimum Gasteiger partial charge on any atom is -0.344 e. The summed E-state index contributed by atoms with van der Waals surface area (Å²) < 4.78 is 13.3. The number of benzene rings is 1. The monoisotopic (exact) mass is 192 g/mol. The maximum Gasteiger partial charge on any atom is 0.128 e. The summed E-state index contributed by atoms with van der Waals surface area (Å²) in [6, 6.07) is 7.16. The van der Waals surface area contributed by atoms with Gasteiger partial charge in [-0.15, -0.1) is 0 Å². The molecule has 1 heterocycles. The molecule has 0 aliphatic carbocycles. The number of hydrogen-bond acceptors (Lipinski definition) is 2. The quantitative estimate of drug-likeness (QED) is 0.754. The highest BCUT2D eigenvalue weighted by Crippen LogP contribution is 2.17. The SMILES string of the molecule is CCc1cc2cccnc2cc1F.N. The first-order valence-corrected chi connectivity index (χ1v) is 4.34. The third kappa shape index (κ3) is 1.72. The Hall–Kier alpha value is -1.48. The van der Waals surface area contributed by atoms with Crippen LogP contribution in [0.2, 0.25) is 0 Å². The van der Waals surface area contributed by atoms with Gasteiger partial charge in [-0.1, -0.05) is 13.0 Å². The molecule has 2 nitrogen and oxygen atoms in total. The molecule has 0 amide bonds. The summed E-state index contributed by atoms with van der Waals surface area (Å²) in [5.74, 6) is -0.159. The van der Waals surface area contributed by atoms with Crippen molar-refractivity contribution < 1.29 is 4.39 Å². The van der Waals surface area contributed by atoms with E-state index in [0.717, 1.165) is 22.9 Å². The molecule has 3 N–H and O–H groups in total. The lowest BCUT2D eigenvalue weighted by Crippen LogP contribution is -1.88. The number of hydrogen-bond donors (Lipinski definition) is 1. The Balaban J connectivity index is 0.000000980. The molecular formula is C11H13FN2. The smallest absolute Gasteiger partial charge is 0.128 e. The molecule has 0 bridgehead atoms. The summed E-state index contributed by atoms with van der Waals surface area (Å²) >= 11 is 0. The molecule has 0 atom stereocenters. The Labute approximate surface area is 82.4 Å². The van der Waals surface area contributed by atoms with E-state index in [4.69, 9.17) is 0 Å². The predicted octanol–water partition coefficient (Wildman–Crippen LogP) is 3.10. The third-order valence-corrected chi connectivity index (χ3v) is 2.15. The second-order valence-electron chi connectivity index (χ2n) is 2.99. The Morgan fingerprint density at radius 2 is 2.14 bits per heavy atom. The van der Waals surface area contributed by atoms with Crippen molar-refractivity contribution in [2.75, 3.05) is 0 Å². The molecule has 0 aliphatic rings. The van der Waals surface area contributed by atoms with Gasteiger partial charge < -0.3 is 6.15 Å². The molecule has 2 rings (SSSR count). The first kappa shape index (κ1) is 10.6. The van der Waals surface area contributed by atoms with Gasteiger partial charge in [-0.25, -0.2) is 4.39 Å². The second-order valence-corrected chi connectivity index (χ2v) is 2.99. The van der Waals surface area contributed by atoms with E-state index in [2.05, 4.69) is 4.98 Å². The van der Waals surface area contributed by atoms with Gasteiger partial charge in [0.25, 0.3) is 0 Å². The van der Waals surface area contributed by atoms with Crippen LogP contribution < -0.4 is 6.15 Å². The first-order chi connectivity index (χ1) is 6.31. The zero-order valence-corrected chi connectivity index (χ0v) is 8.13. The second kappa shape index (κ2) is 4.15. The van der Waals surface area contributed by atoms with E-state index in [-0.39, 0.29) is 12.0 Å². The van der Waals surface area contributed by atoms with E-state index in [1.54, 1.807) is 6.20 Å². The summed E-state index contributed by atoms with van der Waals surface area (Å²) in [7, 11) is 0. The molecule has 0 saturated carbocycles. The largest absolute Gasteiger partial charge is 0.344 e. The molecule has 2 aromatic rings. The highest BCUT2D eigenvalue weighted by Gasteiger charge is 2.02. The number of pyridine rings is 1. The van der Waals surface area contributed by atoms with Crippen molar-refractivity contribution >= 4 is 10.9 Å². The summed E-state index contributed by atoms with van der Waals surface area (Å²) in [5, 5.41) is 1.00. The summed E-state index contributed by atoms with van der Waals surface area (Å²) in [6.45, 7) is 1.95. The van der Waals surface area contributed by atoms with Gasteiger partial charge in [0, 0.05) is 17.6 Å². The highest BCUT2D eigenvalue weighted by atomic mass is 19.1. The Bertz CT molecular complexity index is 440. The van der Waals surface area contributed by atoms with Crippen LogP contribution in [0.25, 0.3) is 10.9 Å². The van der Waals surface area contributed by atoms with E-state index in [1.165, 1.54) is 6.07 Å². The molecule has 0 radical (unpaired) electrons. The van der Waals surface area contributed by atoms with Crippen molar-refractivity contribution in [1.82, 2.24) is 11.1 Å². The van der Waals surface area contributed by atoms with Crippen LogP contribution in [0.15, 0.2) is 30.5 Å². The van der Waals surface area contributed by atoms with Crippen molar-refractivity contribution in [3.63, 3.8) is 0 Å². The van der Waals surface area contributed by atoms with Crippen molar-refractivity contribution in [2.45, 2.75) is 13.3 Å². The Morgan fingerprint density at radius 1 is 1.36 bits per heavy atom. The lowest BCUT2D eigenvalue weighted by Gasteiger charge is -2.01. The van der Waals surface area contributed by atoms with Crippen molar-refractivity contribution in [3.8, 4) is 0 Å². The number of nitrogens with zero attached hydrogens (tertiary/aromatic N) is 1. The summed E-state index contributed by atoms with van der Waals surface area (Å²) in [6.07, 6.45) is 2.39. The van der Waals surface area contributed by atoms with E-state index >= 15 is 0 Å². The molecule has 1 aromatic carbocycles. The fourth-order valence-corrected chi connectivity index (χ4v) is 1.41. The molecule has 0 fully saturated rings. The Kier molecular flexibility index (Phi) is 3.14. The van der Waals surface area contributed by atoms with Gasteiger partial charge in [0.1, 0.15) is 5.82 Å². The number of aryl methyl sites for hydroxylation is 1. The molecular weight excluding hydrogens is 179 g/mol. The normalized spacial score (nSPS) is 9.86. The van der Waals surface area contributed by atoms with E-state index in [0.29, 0.717) is 0 Å². The maximum atomic E-state index is 13.3. The molecule has 0 unspecified atom stereocenters. The number of fused-ring (bicyclic) bond motifs is 1. The van der Waals surface area contributed by atoms with Crippen molar-refractivity contribution in [3.05, 3.63) is 41.8 Å². The van der Waals surface area contributed by atoms with Crippen LogP contribution in [0, 0.1) is 5.82 Å². The topological polar surface area (TPSA) is 47.9 Å². The lowest BCUT2D eigenvalue weighted by atomic mass is 10.1. The van der Waals surface area contributed by atoms with E-state index in [9.17, 15) is 4.39 Å². The lowest BCUT2D eigenvalue weighted by molar-refractivity contribution is 0.614. The minimum atomic E-state index is -0.159. The van der Waals surface area contributed by atoms with Gasteiger partial charge in [0.05, 0.1) is 5.52 Å². The van der Waals surface area contributed by atoms with Gasteiger partial charge in [-0.2, -0.15) is 0 Å². The third-order valence-electron chi connectivity index (χ3n) is 2.15. The summed E-state index contributed by atoms with van der Waals surface area (Å²) in [4.78, 5) is 4.08. The van der Waals surface area contributed by atoms with E-state index < -0.39 is 0 Å². The number of halogens is 1. The van der Waals surface area contributed by atoms with Gasteiger partial charge in [0.2, 0.25) is 0 Å². The first-order valence-electron chi connectivity index (χ1n) is 4.34. The van der Waals surface area contributed by atoms with Crippen LogP contribution in [0.3, 0.4) is 0 Å². The molecule has 3 heteroatoms. The molecule has 0 saturated heterocycles. The van der Waals surface area contributed by atoms with E-state index in [1.807, 2.05) is 25.1 Å². The fraction of sp³-hybridized carbons (Fsp3) is 0.182. The van der Waals surface area contributed by atoms with Crippen molar-refractivity contribution in [2.24, 2.45) is 0 Å². The molecule has 74 valence electrons. The van der Waals surface area contributed by atoms with Crippen LogP contribution in [0.5, 0.6) is 0 Å². The van der Waals surface area contributed by atoms with Gasteiger partial charge in [0.15, 0.2) is 0 Å². The standard InChI is InChI=1S/C11H10FN.H3N/c1-2-8-6-9-4-3-5-13-11(9)7-10(8)12;/h3-7H,2H2,1H3;1H3. The molecule has 1 aromatic heterocycles. The highest BCUT2D eigenvalue weighted by molar-refractivity contribution is 5.79. The van der Waals surface area contributed by atoms with Crippen LogP contribution in [0.4, 0.5) is 4.39 Å². The van der Waals surface area contributed by atoms with Crippen LogP contribution in [-0.4, -0.2) is 4.98 Å². The maximum absolute atomic E-state index is 13.3. The van der Waals surface area contributed by atoms with Crippen LogP contribution in [0.1, 0.15) is 12.5 Å². The zero-order chi connectivity index (χ0) is 9.26. The van der Waals surface area contributed by atoms with Crippen LogP contribution in [-0.2, 0) is 6.42 Å². The summed E-state index contributed by atoms with van der Waals surface area (Å²) in [5.41, 5.74) is 1.47. The van der Waals surface area contributed by atoms with Crippen molar-refractivity contribution in [1.29, 1.82) is 0 Å². The van der Waals surface area contributed by atoms with Gasteiger partial charge in [-0.05, 0) is 24.1 Å².